The summed E-state index contributed by atoms with van der Waals surface area (Å²) in [6.45, 7) is 1.02. The Morgan fingerprint density at radius 2 is 2.00 bits per heavy atom. The molecule has 1 aromatic carbocycles. The minimum Gasteiger partial charge on any atom is -0.472 e. The monoisotopic (exact) mass is 389 g/mol. The van der Waals surface area contributed by atoms with E-state index in [1.165, 1.54) is 24.7 Å². The fraction of sp³-hybridized carbons (Fsp3) is 0.300. The van der Waals surface area contributed by atoms with Gasteiger partial charge in [-0.25, -0.2) is 8.78 Å². The van der Waals surface area contributed by atoms with Gasteiger partial charge in [-0.3, -0.25) is 9.59 Å². The molecule has 28 heavy (non-hydrogen) atoms. The Labute approximate surface area is 161 Å². The van der Waals surface area contributed by atoms with Gasteiger partial charge in [-0.1, -0.05) is 6.07 Å². The molecule has 0 unspecified atom stereocenters. The average Bonchev–Trinajstić information content (AvgIpc) is 3.20. The maximum absolute atomic E-state index is 13.8. The molecule has 1 aliphatic rings. The molecule has 0 atom stereocenters. The van der Waals surface area contributed by atoms with E-state index in [4.69, 9.17) is 4.42 Å². The molecular weight excluding hydrogens is 368 g/mol. The van der Waals surface area contributed by atoms with Gasteiger partial charge in [0.05, 0.1) is 12.5 Å². The molecule has 148 valence electrons. The van der Waals surface area contributed by atoms with Crippen molar-refractivity contribution in [3.63, 3.8) is 0 Å². The lowest BCUT2D eigenvalue weighted by Crippen LogP contribution is -2.62. The summed E-state index contributed by atoms with van der Waals surface area (Å²) in [7, 11) is 0. The summed E-state index contributed by atoms with van der Waals surface area (Å²) >= 11 is 0. The molecule has 0 aliphatic carbocycles. The molecule has 2 amide bonds. The van der Waals surface area contributed by atoms with Gasteiger partial charge in [0.25, 0.3) is 0 Å². The predicted octanol–water partition coefficient (Wildman–Crippen LogP) is 2.13. The van der Waals surface area contributed by atoms with Crippen LogP contribution in [0.25, 0.3) is 6.08 Å². The van der Waals surface area contributed by atoms with Gasteiger partial charge in [0, 0.05) is 29.8 Å². The number of nitrogens with one attached hydrogen (secondary N) is 3. The van der Waals surface area contributed by atoms with Crippen molar-refractivity contribution in [2.75, 3.05) is 13.1 Å². The van der Waals surface area contributed by atoms with E-state index in [0.29, 0.717) is 25.9 Å². The van der Waals surface area contributed by atoms with E-state index in [0.717, 1.165) is 17.7 Å². The third kappa shape index (κ3) is 4.83. The number of furan rings is 1. The summed E-state index contributed by atoms with van der Waals surface area (Å²) in [6.07, 6.45) is 6.70. The lowest BCUT2D eigenvalue weighted by atomic mass is 9.87. The fourth-order valence-electron chi connectivity index (χ4n) is 3.09. The predicted molar refractivity (Wildman–Crippen MR) is 98.9 cm³/mol. The van der Waals surface area contributed by atoms with Crippen molar-refractivity contribution in [1.29, 1.82) is 0 Å². The Balaban J connectivity index is 1.67. The van der Waals surface area contributed by atoms with E-state index >= 15 is 0 Å². The molecule has 1 aliphatic heterocycles. The van der Waals surface area contributed by atoms with Gasteiger partial charge in [0.2, 0.25) is 11.8 Å². The average molecular weight is 389 g/mol. The maximum Gasteiger partial charge on any atom is 0.246 e. The standard InChI is InChI=1S/C20H21F2N3O3/c21-16-3-2-15(17(22)11-16)12-24-19(27)20(6-8-23-9-7-20)25-18(26)4-1-14-5-10-28-13-14/h1-5,10-11,13,23H,6-9,12H2,(H,24,27)(H,25,26)/b4-1+. The molecule has 2 heterocycles. The zero-order chi connectivity index (χ0) is 20.0. The number of halogens is 2. The van der Waals surface area contributed by atoms with Crippen LogP contribution in [0, 0.1) is 11.6 Å². The number of carbonyl (C=O) groups excluding carboxylic acids is 2. The highest BCUT2D eigenvalue weighted by Crippen LogP contribution is 2.20. The summed E-state index contributed by atoms with van der Waals surface area (Å²) in [5, 5.41) is 8.60. The first kappa shape index (κ1) is 19.8. The molecule has 1 fully saturated rings. The van der Waals surface area contributed by atoms with Crippen LogP contribution in [0.5, 0.6) is 0 Å². The second kappa shape index (κ2) is 8.79. The van der Waals surface area contributed by atoms with E-state index in [9.17, 15) is 18.4 Å². The van der Waals surface area contributed by atoms with Crippen molar-refractivity contribution in [2.24, 2.45) is 0 Å². The first-order valence-corrected chi connectivity index (χ1v) is 8.94. The van der Waals surface area contributed by atoms with Crippen molar-refractivity contribution < 1.29 is 22.8 Å². The Morgan fingerprint density at radius 3 is 2.68 bits per heavy atom. The molecule has 8 heteroatoms. The molecule has 3 N–H and O–H groups in total. The van der Waals surface area contributed by atoms with Crippen molar-refractivity contribution in [3.05, 3.63) is 65.6 Å². The highest BCUT2D eigenvalue weighted by Gasteiger charge is 2.40. The Morgan fingerprint density at radius 1 is 1.21 bits per heavy atom. The minimum atomic E-state index is -1.10. The van der Waals surface area contributed by atoms with Crippen molar-refractivity contribution in [2.45, 2.75) is 24.9 Å². The van der Waals surface area contributed by atoms with E-state index in [-0.39, 0.29) is 12.1 Å². The third-order valence-electron chi connectivity index (χ3n) is 4.68. The molecule has 6 nitrogen and oxygen atoms in total. The number of benzene rings is 1. The van der Waals surface area contributed by atoms with Gasteiger partial charge < -0.3 is 20.4 Å². The molecular formula is C20H21F2N3O3. The second-order valence-electron chi connectivity index (χ2n) is 6.63. The molecule has 0 saturated carbocycles. The fourth-order valence-corrected chi connectivity index (χ4v) is 3.09. The van der Waals surface area contributed by atoms with Crippen molar-refractivity contribution >= 4 is 17.9 Å². The summed E-state index contributed by atoms with van der Waals surface area (Å²) in [4.78, 5) is 25.2. The largest absolute Gasteiger partial charge is 0.472 e. The van der Waals surface area contributed by atoms with Gasteiger partial charge in [-0.05, 0) is 44.1 Å². The second-order valence-corrected chi connectivity index (χ2v) is 6.63. The van der Waals surface area contributed by atoms with Gasteiger partial charge in [-0.15, -0.1) is 0 Å². The van der Waals surface area contributed by atoms with Gasteiger partial charge in [0.1, 0.15) is 17.2 Å². The molecule has 0 spiro atoms. The van der Waals surface area contributed by atoms with Gasteiger partial charge >= 0.3 is 0 Å². The topological polar surface area (TPSA) is 83.4 Å². The molecule has 1 saturated heterocycles. The zero-order valence-electron chi connectivity index (χ0n) is 15.1. The van der Waals surface area contributed by atoms with Crippen LogP contribution in [0.15, 0.2) is 47.3 Å². The van der Waals surface area contributed by atoms with E-state index in [1.807, 2.05) is 0 Å². The third-order valence-corrected chi connectivity index (χ3v) is 4.68. The van der Waals surface area contributed by atoms with Gasteiger partial charge in [-0.2, -0.15) is 0 Å². The smallest absolute Gasteiger partial charge is 0.246 e. The number of hydrogen-bond donors (Lipinski definition) is 3. The molecule has 3 rings (SSSR count). The van der Waals surface area contributed by atoms with E-state index < -0.39 is 29.0 Å². The molecule has 0 radical (unpaired) electrons. The highest BCUT2D eigenvalue weighted by molar-refractivity contribution is 5.97. The SMILES string of the molecule is O=C(/C=C/c1ccoc1)NC1(C(=O)NCc2ccc(F)cc2F)CCNCC1. The van der Waals surface area contributed by atoms with E-state index in [2.05, 4.69) is 16.0 Å². The van der Waals surface area contributed by atoms with Crippen LogP contribution in [0.3, 0.4) is 0 Å². The zero-order valence-corrected chi connectivity index (χ0v) is 15.1. The quantitative estimate of drug-likeness (QED) is 0.661. The summed E-state index contributed by atoms with van der Waals surface area (Å²) in [5.41, 5.74) is -0.199. The Kier molecular flexibility index (Phi) is 6.20. The van der Waals surface area contributed by atoms with Crippen LogP contribution in [0.1, 0.15) is 24.0 Å². The summed E-state index contributed by atoms with van der Waals surface area (Å²) in [5.74, 6) is -2.22. The summed E-state index contributed by atoms with van der Waals surface area (Å²) < 4.78 is 31.8. The van der Waals surface area contributed by atoms with Crippen LogP contribution in [-0.4, -0.2) is 30.4 Å². The number of carbonyl (C=O) groups is 2. The van der Waals surface area contributed by atoms with Crippen LogP contribution in [0.4, 0.5) is 8.78 Å². The molecule has 0 bridgehead atoms. The lowest BCUT2D eigenvalue weighted by molar-refractivity contribution is -0.133. The number of amides is 2. The minimum absolute atomic E-state index is 0.0964. The van der Waals surface area contributed by atoms with Crippen LogP contribution in [-0.2, 0) is 16.1 Å². The first-order valence-electron chi connectivity index (χ1n) is 8.94. The first-order chi connectivity index (χ1) is 13.5. The molecule has 2 aromatic rings. The normalized spacial score (nSPS) is 16.1. The molecule has 1 aromatic heterocycles. The summed E-state index contributed by atoms with van der Waals surface area (Å²) in [6, 6.07) is 4.89. The number of hydrogen-bond acceptors (Lipinski definition) is 4. The van der Waals surface area contributed by atoms with Crippen molar-refractivity contribution in [1.82, 2.24) is 16.0 Å². The van der Waals surface area contributed by atoms with Gasteiger partial charge in [0.15, 0.2) is 0 Å². The Hall–Kier alpha value is -3.00. The van der Waals surface area contributed by atoms with E-state index in [1.54, 1.807) is 12.1 Å². The van der Waals surface area contributed by atoms with Crippen LogP contribution in [0.2, 0.25) is 0 Å². The maximum atomic E-state index is 13.8. The lowest BCUT2D eigenvalue weighted by Gasteiger charge is -2.36. The van der Waals surface area contributed by atoms with Crippen LogP contribution < -0.4 is 16.0 Å². The number of piperidine rings is 1. The van der Waals surface area contributed by atoms with Crippen molar-refractivity contribution in [3.8, 4) is 0 Å². The van der Waals surface area contributed by atoms with Crippen LogP contribution >= 0.6 is 0 Å². The number of rotatable bonds is 6. The highest BCUT2D eigenvalue weighted by atomic mass is 19.1. The Bertz CT molecular complexity index is 860.